The van der Waals surface area contributed by atoms with Crippen LogP contribution in [0.4, 0.5) is 0 Å². The van der Waals surface area contributed by atoms with Crippen molar-refractivity contribution in [3.05, 3.63) is 28.2 Å². The maximum atomic E-state index is 12.4. The fraction of sp³-hybridized carbons (Fsp3) is 0.500. The third kappa shape index (κ3) is 2.85. The summed E-state index contributed by atoms with van der Waals surface area (Å²) in [6.45, 7) is 8.36. The van der Waals surface area contributed by atoms with Crippen molar-refractivity contribution in [2.24, 2.45) is 10.8 Å². The van der Waals surface area contributed by atoms with E-state index in [9.17, 15) is 13.2 Å². The minimum Gasteiger partial charge on any atom is -0.348 e. The zero-order chi connectivity index (χ0) is 16.2. The Morgan fingerprint density at radius 1 is 1.24 bits per heavy atom. The van der Waals surface area contributed by atoms with E-state index >= 15 is 0 Å². The van der Waals surface area contributed by atoms with Gasteiger partial charge in [0.25, 0.3) is 15.0 Å². The van der Waals surface area contributed by atoms with Crippen LogP contribution in [0, 0.1) is 10.8 Å². The molecule has 0 atom stereocenters. The van der Waals surface area contributed by atoms with Gasteiger partial charge in [-0.2, -0.15) is 0 Å². The Balaban J connectivity index is 2.29. The molecule has 0 unspecified atom stereocenters. The zero-order valence-electron chi connectivity index (χ0n) is 12.2. The standard InChI is InChI=1S/C14H17BrClNO3S/c1-13(2)12(14(13,3)4)17-11(18)9-7-8(21(16,19)20)5-6-10(9)15/h5-7,12H,1-4H3,(H,17,18). The second-order valence-electron chi connectivity index (χ2n) is 6.43. The van der Waals surface area contributed by atoms with Crippen molar-refractivity contribution in [3.63, 3.8) is 0 Å². The molecule has 1 aliphatic rings. The lowest BCUT2D eigenvalue weighted by Crippen LogP contribution is -2.30. The fourth-order valence-corrected chi connectivity index (χ4v) is 3.80. The molecule has 1 aromatic carbocycles. The number of hydrogen-bond acceptors (Lipinski definition) is 3. The van der Waals surface area contributed by atoms with Crippen molar-refractivity contribution in [1.29, 1.82) is 0 Å². The van der Waals surface area contributed by atoms with Crippen LogP contribution in [0.2, 0.25) is 0 Å². The predicted octanol–water partition coefficient (Wildman–Crippen LogP) is 3.54. The van der Waals surface area contributed by atoms with E-state index in [4.69, 9.17) is 10.7 Å². The van der Waals surface area contributed by atoms with E-state index in [0.717, 1.165) is 0 Å². The van der Waals surface area contributed by atoms with Crippen LogP contribution in [-0.2, 0) is 9.05 Å². The minimum absolute atomic E-state index is 0.00527. The second-order valence-corrected chi connectivity index (χ2v) is 9.85. The topological polar surface area (TPSA) is 63.2 Å². The molecule has 116 valence electrons. The Morgan fingerprint density at radius 2 is 1.76 bits per heavy atom. The van der Waals surface area contributed by atoms with Crippen LogP contribution < -0.4 is 5.32 Å². The van der Waals surface area contributed by atoms with E-state index in [1.165, 1.54) is 18.2 Å². The molecule has 1 aliphatic carbocycles. The van der Waals surface area contributed by atoms with Crippen LogP contribution in [0.1, 0.15) is 38.1 Å². The average Bonchev–Trinajstić information content (AvgIpc) is 2.70. The first-order chi connectivity index (χ1) is 9.39. The molecule has 4 nitrogen and oxygen atoms in total. The van der Waals surface area contributed by atoms with Crippen LogP contribution in [0.15, 0.2) is 27.6 Å². The Labute approximate surface area is 137 Å². The van der Waals surface area contributed by atoms with Crippen LogP contribution in [-0.4, -0.2) is 20.4 Å². The van der Waals surface area contributed by atoms with Gasteiger partial charge in [0, 0.05) is 21.2 Å². The molecule has 1 aromatic rings. The molecule has 2 rings (SSSR count). The number of rotatable bonds is 3. The van der Waals surface area contributed by atoms with E-state index in [-0.39, 0.29) is 33.2 Å². The van der Waals surface area contributed by atoms with Gasteiger partial charge in [0.1, 0.15) is 0 Å². The van der Waals surface area contributed by atoms with Gasteiger partial charge in [-0.15, -0.1) is 0 Å². The van der Waals surface area contributed by atoms with Crippen LogP contribution in [0.25, 0.3) is 0 Å². The minimum atomic E-state index is -3.86. The quantitative estimate of drug-likeness (QED) is 0.798. The molecule has 7 heteroatoms. The summed E-state index contributed by atoms with van der Waals surface area (Å²) in [7, 11) is 1.46. The van der Waals surface area contributed by atoms with Crippen LogP contribution in [0.5, 0.6) is 0 Å². The Kier molecular flexibility index (Phi) is 3.96. The molecule has 0 aliphatic heterocycles. The van der Waals surface area contributed by atoms with Gasteiger partial charge in [-0.1, -0.05) is 27.7 Å². The maximum Gasteiger partial charge on any atom is 0.261 e. The number of carbonyl (C=O) groups excluding carboxylic acids is 1. The molecule has 1 amide bonds. The van der Waals surface area contributed by atoms with E-state index < -0.39 is 9.05 Å². The highest BCUT2D eigenvalue weighted by molar-refractivity contribution is 9.10. The largest absolute Gasteiger partial charge is 0.348 e. The summed E-state index contributed by atoms with van der Waals surface area (Å²) >= 11 is 3.27. The number of carbonyl (C=O) groups is 1. The van der Waals surface area contributed by atoms with Crippen molar-refractivity contribution in [3.8, 4) is 0 Å². The highest BCUT2D eigenvalue weighted by Gasteiger charge is 2.65. The van der Waals surface area contributed by atoms with Gasteiger partial charge in [-0.05, 0) is 45.0 Å². The van der Waals surface area contributed by atoms with Gasteiger partial charge in [0.05, 0.1) is 10.5 Å². The van der Waals surface area contributed by atoms with E-state index in [0.29, 0.717) is 4.47 Å². The average molecular weight is 395 g/mol. The van der Waals surface area contributed by atoms with Crippen LogP contribution in [0.3, 0.4) is 0 Å². The SMILES string of the molecule is CC1(C)C(NC(=O)c2cc(S(=O)(=O)Cl)ccc2Br)C1(C)C. The molecule has 21 heavy (non-hydrogen) atoms. The van der Waals surface area contributed by atoms with Crippen molar-refractivity contribution >= 4 is 41.6 Å². The predicted molar refractivity (Wildman–Crippen MR) is 86.0 cm³/mol. The Hall–Kier alpha value is -0.590. The van der Waals surface area contributed by atoms with E-state index in [2.05, 4.69) is 48.9 Å². The number of amides is 1. The van der Waals surface area contributed by atoms with Crippen LogP contribution >= 0.6 is 26.6 Å². The molecule has 0 spiro atoms. The molecular formula is C14H17BrClNO3S. The lowest BCUT2D eigenvalue weighted by molar-refractivity contribution is 0.0942. The van der Waals surface area contributed by atoms with Gasteiger partial charge in [-0.25, -0.2) is 8.42 Å². The maximum absolute atomic E-state index is 12.4. The highest BCUT2D eigenvalue weighted by Crippen LogP contribution is 2.62. The summed E-state index contributed by atoms with van der Waals surface area (Å²) in [5.74, 6) is -0.312. The smallest absolute Gasteiger partial charge is 0.261 e. The molecule has 0 radical (unpaired) electrons. The van der Waals surface area contributed by atoms with E-state index in [1.807, 2.05) is 0 Å². The third-order valence-electron chi connectivity index (χ3n) is 4.76. The van der Waals surface area contributed by atoms with Gasteiger partial charge in [-0.3, -0.25) is 4.79 Å². The summed E-state index contributed by atoms with van der Waals surface area (Å²) in [6, 6.07) is 4.19. The highest BCUT2D eigenvalue weighted by atomic mass is 79.9. The summed E-state index contributed by atoms with van der Waals surface area (Å²) < 4.78 is 23.3. The second kappa shape index (κ2) is 4.96. The Morgan fingerprint density at radius 3 is 2.19 bits per heavy atom. The van der Waals surface area contributed by atoms with Gasteiger partial charge >= 0.3 is 0 Å². The van der Waals surface area contributed by atoms with Crippen molar-refractivity contribution in [2.75, 3.05) is 0 Å². The van der Waals surface area contributed by atoms with Gasteiger partial charge < -0.3 is 5.32 Å². The molecule has 0 saturated heterocycles. The summed E-state index contributed by atoms with van der Waals surface area (Å²) in [6.07, 6.45) is 0. The van der Waals surface area contributed by atoms with Gasteiger partial charge in [0.15, 0.2) is 0 Å². The third-order valence-corrected chi connectivity index (χ3v) is 6.80. The first kappa shape index (κ1) is 16.8. The molecule has 0 heterocycles. The van der Waals surface area contributed by atoms with Crippen molar-refractivity contribution < 1.29 is 13.2 Å². The number of nitrogens with one attached hydrogen (secondary N) is 1. The fourth-order valence-electron chi connectivity index (χ4n) is 2.60. The van der Waals surface area contributed by atoms with E-state index in [1.54, 1.807) is 0 Å². The first-order valence-corrected chi connectivity index (χ1v) is 9.54. The monoisotopic (exact) mass is 393 g/mol. The molecule has 0 bridgehead atoms. The normalized spacial score (nSPS) is 20.1. The zero-order valence-corrected chi connectivity index (χ0v) is 15.4. The number of hydrogen-bond donors (Lipinski definition) is 1. The summed E-state index contributed by atoms with van der Waals surface area (Å²) in [5, 5.41) is 2.96. The molecule has 1 fully saturated rings. The number of halogens is 2. The lowest BCUT2D eigenvalue weighted by atomic mass is 10.0. The molecule has 1 saturated carbocycles. The summed E-state index contributed by atoms with van der Waals surface area (Å²) in [4.78, 5) is 12.3. The molecule has 0 aromatic heterocycles. The lowest BCUT2D eigenvalue weighted by Gasteiger charge is -2.09. The van der Waals surface area contributed by atoms with Crippen molar-refractivity contribution in [2.45, 2.75) is 38.6 Å². The van der Waals surface area contributed by atoms with Crippen molar-refractivity contribution in [1.82, 2.24) is 5.32 Å². The molecule has 1 N–H and O–H groups in total. The number of benzene rings is 1. The first-order valence-electron chi connectivity index (χ1n) is 6.44. The molecular weight excluding hydrogens is 378 g/mol. The van der Waals surface area contributed by atoms with Gasteiger partial charge in [0.2, 0.25) is 0 Å². The Bertz CT molecular complexity index is 699. The summed E-state index contributed by atoms with van der Waals surface area (Å²) in [5.41, 5.74) is 0.270.